The summed E-state index contributed by atoms with van der Waals surface area (Å²) in [5.41, 5.74) is -2.42. The molecule has 0 bridgehead atoms. The summed E-state index contributed by atoms with van der Waals surface area (Å²) in [5, 5.41) is 11.6. The number of rotatable bonds is 9. The van der Waals surface area contributed by atoms with Crippen molar-refractivity contribution in [3.8, 4) is 5.75 Å². The van der Waals surface area contributed by atoms with E-state index < -0.39 is 28.6 Å². The number of phenols is 1. The number of phenolic OH excluding ortho intramolecular Hbond substituents is 1. The van der Waals surface area contributed by atoms with Gasteiger partial charge in [-0.15, -0.1) is 0 Å². The van der Waals surface area contributed by atoms with Crippen LogP contribution in [-0.2, 0) is 36.3 Å². The molecule has 51 heavy (non-hydrogen) atoms. The van der Waals surface area contributed by atoms with Crippen molar-refractivity contribution in [3.63, 3.8) is 0 Å². The summed E-state index contributed by atoms with van der Waals surface area (Å²) in [6.07, 6.45) is 4.45. The van der Waals surface area contributed by atoms with E-state index >= 15 is 9.59 Å². The molecule has 7 nitrogen and oxygen atoms in total. The zero-order valence-corrected chi connectivity index (χ0v) is 36.3. The van der Waals surface area contributed by atoms with E-state index in [1.54, 1.807) is 0 Å². The summed E-state index contributed by atoms with van der Waals surface area (Å²) in [4.78, 5) is 35.3. The maximum atomic E-state index is 15.3. The lowest BCUT2D eigenvalue weighted by Crippen LogP contribution is -2.65. The van der Waals surface area contributed by atoms with E-state index in [1.165, 1.54) is 0 Å². The van der Waals surface area contributed by atoms with Crippen molar-refractivity contribution in [3.05, 3.63) is 28.8 Å². The minimum atomic E-state index is -1.58. The number of aromatic hydroxyl groups is 1. The van der Waals surface area contributed by atoms with Crippen molar-refractivity contribution in [2.45, 2.75) is 213 Å². The average Bonchev–Trinajstić information content (AvgIpc) is 2.90. The second-order valence-corrected chi connectivity index (χ2v) is 21.7. The van der Waals surface area contributed by atoms with Crippen molar-refractivity contribution in [1.82, 2.24) is 9.80 Å². The highest BCUT2D eigenvalue weighted by molar-refractivity contribution is 6.00. The summed E-state index contributed by atoms with van der Waals surface area (Å²) >= 11 is 0. The molecule has 1 aromatic carbocycles. The van der Waals surface area contributed by atoms with Gasteiger partial charge in [-0.05, 0) is 124 Å². The summed E-state index contributed by atoms with van der Waals surface area (Å²) in [5.74, 6) is -0.732. The van der Waals surface area contributed by atoms with Crippen molar-refractivity contribution in [2.75, 3.05) is 14.1 Å². The van der Waals surface area contributed by atoms with Gasteiger partial charge in [0.2, 0.25) is 0 Å². The average molecular weight is 713 g/mol. The number of hydrogen-bond donors (Lipinski definition) is 1. The number of benzene rings is 1. The maximum Gasteiger partial charge on any atom is 0.324 e. The first kappa shape index (κ1) is 43.3. The molecule has 1 N–H and O–H groups in total. The van der Waals surface area contributed by atoms with E-state index in [0.29, 0.717) is 38.5 Å². The number of carbonyl (C=O) groups is 2. The van der Waals surface area contributed by atoms with Crippen LogP contribution in [0.5, 0.6) is 5.75 Å². The summed E-state index contributed by atoms with van der Waals surface area (Å²) < 4.78 is 13.5. The van der Waals surface area contributed by atoms with E-state index in [0.717, 1.165) is 23.1 Å². The highest BCUT2D eigenvalue weighted by atomic mass is 16.6. The summed E-state index contributed by atoms with van der Waals surface area (Å²) in [6, 6.07) is 4.00. The molecule has 0 aliphatic carbocycles. The van der Waals surface area contributed by atoms with Crippen molar-refractivity contribution in [1.29, 1.82) is 0 Å². The molecule has 2 saturated heterocycles. The minimum absolute atomic E-state index is 0.128. The highest BCUT2D eigenvalue weighted by Crippen LogP contribution is 2.49. The number of ether oxygens (including phenoxy) is 2. The third-order valence-corrected chi connectivity index (χ3v) is 12.6. The molecular formula is C44H76N2O5. The number of unbranched alkanes of at least 4 members (excludes halogenated alkanes) is 1. The second kappa shape index (κ2) is 13.6. The molecule has 0 saturated carbocycles. The molecule has 2 aliphatic rings. The lowest BCUT2D eigenvalue weighted by Gasteiger charge is -2.57. The Morgan fingerprint density at radius 1 is 0.667 bits per heavy atom. The van der Waals surface area contributed by atoms with Crippen LogP contribution in [0.2, 0.25) is 0 Å². The first-order chi connectivity index (χ1) is 22.7. The van der Waals surface area contributed by atoms with Gasteiger partial charge in [-0.3, -0.25) is 19.4 Å². The molecule has 0 atom stereocenters. The van der Waals surface area contributed by atoms with E-state index in [9.17, 15) is 5.11 Å². The topological polar surface area (TPSA) is 79.3 Å². The van der Waals surface area contributed by atoms with Crippen LogP contribution in [-0.4, -0.2) is 74.3 Å². The first-order valence-corrected chi connectivity index (χ1v) is 19.5. The number of hydrogen-bond acceptors (Lipinski definition) is 7. The minimum Gasteiger partial charge on any atom is -0.507 e. The fourth-order valence-corrected chi connectivity index (χ4v) is 9.97. The van der Waals surface area contributed by atoms with Gasteiger partial charge in [-0.1, -0.05) is 73.4 Å². The Bertz CT molecular complexity index is 1320. The molecule has 0 unspecified atom stereocenters. The molecule has 1 aromatic rings. The molecule has 2 heterocycles. The molecule has 0 amide bonds. The Labute approximate surface area is 312 Å². The molecule has 292 valence electrons. The van der Waals surface area contributed by atoms with Crippen LogP contribution in [0.4, 0.5) is 0 Å². The largest absolute Gasteiger partial charge is 0.507 e. The van der Waals surface area contributed by atoms with Gasteiger partial charge in [0.05, 0.1) is 0 Å². The smallest absolute Gasteiger partial charge is 0.324 e. The monoisotopic (exact) mass is 713 g/mol. The number of nitrogens with zero attached hydrogens (tertiary/aromatic N) is 2. The predicted octanol–water partition coefficient (Wildman–Crippen LogP) is 9.88. The SMILES string of the molecule is CCCCC(Cc1cc(C(C)(C)C)c(O)c(C(C)(C)C)c1)(C(=O)OC1(C)CC(C)(C)N(C)C(C)(C)C1)C(=O)OC1(C)CC(C)(C)N(C)C(C)(C)C1. The zero-order chi connectivity index (χ0) is 39.6. The first-order valence-electron chi connectivity index (χ1n) is 19.5. The van der Waals surface area contributed by atoms with Gasteiger partial charge >= 0.3 is 11.9 Å². The molecule has 3 rings (SSSR count). The molecule has 7 heteroatoms. The maximum absolute atomic E-state index is 15.3. The van der Waals surface area contributed by atoms with Gasteiger partial charge in [-0.2, -0.15) is 0 Å². The highest BCUT2D eigenvalue weighted by Gasteiger charge is 2.58. The van der Waals surface area contributed by atoms with Crippen LogP contribution < -0.4 is 0 Å². The molecule has 0 spiro atoms. The Balaban J connectivity index is 2.28. The van der Waals surface area contributed by atoms with Crippen LogP contribution >= 0.6 is 0 Å². The van der Waals surface area contributed by atoms with Crippen LogP contribution in [0.25, 0.3) is 0 Å². The lowest BCUT2D eigenvalue weighted by atomic mass is 9.70. The Morgan fingerprint density at radius 2 is 0.980 bits per heavy atom. The Kier molecular flexibility index (Phi) is 11.6. The number of piperidine rings is 2. The lowest BCUT2D eigenvalue weighted by molar-refractivity contribution is -0.206. The molecule has 0 aromatic heterocycles. The summed E-state index contributed by atoms with van der Waals surface area (Å²) in [7, 11) is 4.28. The number of carbonyl (C=O) groups excluding carboxylic acids is 2. The van der Waals surface area contributed by atoms with Gasteiger partial charge < -0.3 is 14.6 Å². The van der Waals surface area contributed by atoms with Gasteiger partial charge in [0, 0.05) is 47.8 Å². The fourth-order valence-electron chi connectivity index (χ4n) is 9.97. The fraction of sp³-hybridized carbons (Fsp3) is 0.818. The Hall–Kier alpha value is -2.12. The zero-order valence-electron chi connectivity index (χ0n) is 36.3. The van der Waals surface area contributed by atoms with E-state index in [1.807, 2.05) is 26.0 Å². The third kappa shape index (κ3) is 8.99. The molecule has 2 aliphatic heterocycles. The third-order valence-electron chi connectivity index (χ3n) is 12.6. The Morgan fingerprint density at radius 3 is 1.25 bits per heavy atom. The molecule has 2 fully saturated rings. The van der Waals surface area contributed by atoms with E-state index in [4.69, 9.17) is 9.47 Å². The molecular weight excluding hydrogens is 636 g/mol. The van der Waals surface area contributed by atoms with Gasteiger partial charge in [0.1, 0.15) is 17.0 Å². The normalized spacial score (nSPS) is 23.0. The van der Waals surface area contributed by atoms with Crippen molar-refractivity contribution < 1.29 is 24.2 Å². The van der Waals surface area contributed by atoms with Crippen LogP contribution in [0.1, 0.15) is 179 Å². The van der Waals surface area contributed by atoms with Gasteiger partial charge in [0.25, 0.3) is 0 Å². The quantitative estimate of drug-likeness (QED) is 0.202. The van der Waals surface area contributed by atoms with Crippen LogP contribution in [0.3, 0.4) is 0 Å². The molecule has 0 radical (unpaired) electrons. The number of esters is 2. The predicted molar refractivity (Wildman–Crippen MR) is 210 cm³/mol. The van der Waals surface area contributed by atoms with Gasteiger partial charge in [0.15, 0.2) is 5.41 Å². The van der Waals surface area contributed by atoms with Crippen molar-refractivity contribution >= 4 is 11.9 Å². The van der Waals surface area contributed by atoms with Crippen LogP contribution in [0.15, 0.2) is 12.1 Å². The number of likely N-dealkylation sites (tertiary alicyclic amines) is 2. The van der Waals surface area contributed by atoms with Crippen molar-refractivity contribution in [2.24, 2.45) is 5.41 Å². The standard InChI is InChI=1S/C44H76N2O5/c1-20-21-22-44(34(48)50-42(16)26-38(8,9)45(18)39(10,11)27-42,35(49)51-43(17)28-40(12,13)46(19)41(14,15)29-43)25-30-23-31(36(2,3)4)33(47)32(24-30)37(5,6)7/h23-24,47H,20-22,25-29H2,1-19H3. The summed E-state index contributed by atoms with van der Waals surface area (Å²) in [6.45, 7) is 36.2. The van der Waals surface area contributed by atoms with E-state index in [-0.39, 0.29) is 45.2 Å². The van der Waals surface area contributed by atoms with Crippen LogP contribution in [0, 0.1) is 5.41 Å². The van der Waals surface area contributed by atoms with E-state index in [2.05, 4.69) is 128 Å². The second-order valence-electron chi connectivity index (χ2n) is 21.7. The van der Waals surface area contributed by atoms with Gasteiger partial charge in [-0.25, -0.2) is 0 Å².